The van der Waals surface area contributed by atoms with Crippen molar-refractivity contribution in [3.63, 3.8) is 0 Å². The molecule has 0 bridgehead atoms. The number of rotatable bonds is 4. The standard InChI is InChI=1S/C13H13N3OS/c1-18-11-6-4-10(5-7-11)9-15-16-13(17)12-3-2-8-14-12/h2-9,14H,1H3,(H,16,17)/b15-9-. The van der Waals surface area contributed by atoms with Gasteiger partial charge in [-0.05, 0) is 36.1 Å². The quantitative estimate of drug-likeness (QED) is 0.503. The number of hydrogen-bond donors (Lipinski definition) is 2. The highest BCUT2D eigenvalue weighted by molar-refractivity contribution is 7.98. The highest BCUT2D eigenvalue weighted by Crippen LogP contribution is 2.13. The van der Waals surface area contributed by atoms with Gasteiger partial charge in [-0.25, -0.2) is 5.43 Å². The summed E-state index contributed by atoms with van der Waals surface area (Å²) >= 11 is 1.69. The van der Waals surface area contributed by atoms with Gasteiger partial charge in [0.2, 0.25) is 0 Å². The van der Waals surface area contributed by atoms with E-state index in [4.69, 9.17) is 0 Å². The van der Waals surface area contributed by atoms with Crippen LogP contribution < -0.4 is 5.43 Å². The van der Waals surface area contributed by atoms with E-state index in [1.165, 1.54) is 4.90 Å². The van der Waals surface area contributed by atoms with Gasteiger partial charge >= 0.3 is 0 Å². The van der Waals surface area contributed by atoms with Gasteiger partial charge in [-0.15, -0.1) is 11.8 Å². The maximum absolute atomic E-state index is 11.5. The molecule has 0 saturated carbocycles. The molecule has 0 atom stereocenters. The average molecular weight is 259 g/mol. The third-order valence-corrected chi connectivity index (χ3v) is 3.08. The van der Waals surface area contributed by atoms with Crippen molar-refractivity contribution in [2.75, 3.05) is 6.26 Å². The van der Waals surface area contributed by atoms with E-state index < -0.39 is 0 Å². The maximum Gasteiger partial charge on any atom is 0.287 e. The number of nitrogens with zero attached hydrogens (tertiary/aromatic N) is 1. The molecule has 92 valence electrons. The number of hydrogen-bond acceptors (Lipinski definition) is 3. The monoisotopic (exact) mass is 259 g/mol. The number of benzene rings is 1. The number of hydrazone groups is 1. The topological polar surface area (TPSA) is 57.2 Å². The highest BCUT2D eigenvalue weighted by atomic mass is 32.2. The van der Waals surface area contributed by atoms with Crippen molar-refractivity contribution >= 4 is 23.9 Å². The summed E-state index contributed by atoms with van der Waals surface area (Å²) in [4.78, 5) is 15.5. The van der Waals surface area contributed by atoms with E-state index in [1.807, 2.05) is 30.5 Å². The summed E-state index contributed by atoms with van der Waals surface area (Å²) in [5, 5.41) is 3.90. The van der Waals surface area contributed by atoms with E-state index in [-0.39, 0.29) is 5.91 Å². The van der Waals surface area contributed by atoms with Gasteiger partial charge in [0.25, 0.3) is 5.91 Å². The lowest BCUT2D eigenvalue weighted by molar-refractivity contribution is 0.0951. The van der Waals surface area contributed by atoms with Crippen molar-refractivity contribution in [2.45, 2.75) is 4.90 Å². The number of H-pyrrole nitrogens is 1. The molecule has 2 aromatic rings. The molecule has 0 radical (unpaired) electrons. The first-order valence-electron chi connectivity index (χ1n) is 5.40. The minimum absolute atomic E-state index is 0.253. The van der Waals surface area contributed by atoms with Crippen LogP contribution in [0.1, 0.15) is 16.1 Å². The summed E-state index contributed by atoms with van der Waals surface area (Å²) in [6, 6.07) is 11.4. The lowest BCUT2D eigenvalue weighted by atomic mass is 10.2. The van der Waals surface area contributed by atoms with Gasteiger partial charge < -0.3 is 4.98 Å². The van der Waals surface area contributed by atoms with Crippen molar-refractivity contribution in [3.05, 3.63) is 53.9 Å². The number of thioether (sulfide) groups is 1. The van der Waals surface area contributed by atoms with Gasteiger partial charge in [0.05, 0.1) is 6.21 Å². The molecule has 1 amide bonds. The second-order valence-corrected chi connectivity index (χ2v) is 4.44. The summed E-state index contributed by atoms with van der Waals surface area (Å²) < 4.78 is 0. The van der Waals surface area contributed by atoms with Crippen LogP contribution in [0, 0.1) is 0 Å². The number of carbonyl (C=O) groups excluding carboxylic acids is 1. The Morgan fingerprint density at radius 2 is 2.11 bits per heavy atom. The van der Waals surface area contributed by atoms with Crippen molar-refractivity contribution < 1.29 is 4.79 Å². The molecule has 0 fully saturated rings. The van der Waals surface area contributed by atoms with Crippen LogP contribution in [0.15, 0.2) is 52.6 Å². The van der Waals surface area contributed by atoms with Gasteiger partial charge in [0, 0.05) is 11.1 Å². The zero-order chi connectivity index (χ0) is 12.8. The second-order valence-electron chi connectivity index (χ2n) is 3.56. The fourth-order valence-corrected chi connectivity index (χ4v) is 1.80. The van der Waals surface area contributed by atoms with E-state index in [9.17, 15) is 4.79 Å². The normalized spacial score (nSPS) is 10.7. The van der Waals surface area contributed by atoms with Gasteiger partial charge in [0.1, 0.15) is 5.69 Å². The minimum Gasteiger partial charge on any atom is -0.357 e. The molecule has 18 heavy (non-hydrogen) atoms. The molecular formula is C13H13N3OS. The Kier molecular flexibility index (Phi) is 4.20. The third-order valence-electron chi connectivity index (χ3n) is 2.34. The fourth-order valence-electron chi connectivity index (χ4n) is 1.39. The molecule has 0 aliphatic heterocycles. The Balaban J connectivity index is 1.93. The molecule has 1 aromatic carbocycles. The second kappa shape index (κ2) is 6.07. The molecular weight excluding hydrogens is 246 g/mol. The van der Waals surface area contributed by atoms with Crippen LogP contribution in [-0.2, 0) is 0 Å². The summed E-state index contributed by atoms with van der Waals surface area (Å²) in [6.07, 6.45) is 5.34. The molecule has 4 nitrogen and oxygen atoms in total. The van der Waals surface area contributed by atoms with Crippen LogP contribution in [0.5, 0.6) is 0 Å². The smallest absolute Gasteiger partial charge is 0.287 e. The molecule has 0 spiro atoms. The van der Waals surface area contributed by atoms with Crippen molar-refractivity contribution in [2.24, 2.45) is 5.10 Å². The van der Waals surface area contributed by atoms with Gasteiger partial charge in [-0.2, -0.15) is 5.10 Å². The van der Waals surface area contributed by atoms with E-state index in [2.05, 4.69) is 15.5 Å². The van der Waals surface area contributed by atoms with E-state index in [0.717, 1.165) is 5.56 Å². The number of carbonyl (C=O) groups is 1. The van der Waals surface area contributed by atoms with Crippen LogP contribution >= 0.6 is 11.8 Å². The lowest BCUT2D eigenvalue weighted by Gasteiger charge is -1.98. The Hall–Kier alpha value is -2.01. The van der Waals surface area contributed by atoms with E-state index >= 15 is 0 Å². The van der Waals surface area contributed by atoms with Gasteiger partial charge in [0.15, 0.2) is 0 Å². The van der Waals surface area contributed by atoms with Crippen molar-refractivity contribution in [1.29, 1.82) is 0 Å². The number of amides is 1. The summed E-state index contributed by atoms with van der Waals surface area (Å²) in [6.45, 7) is 0. The zero-order valence-electron chi connectivity index (χ0n) is 9.88. The van der Waals surface area contributed by atoms with Crippen molar-refractivity contribution in [3.8, 4) is 0 Å². The number of nitrogens with one attached hydrogen (secondary N) is 2. The molecule has 2 N–H and O–H groups in total. The van der Waals surface area contributed by atoms with Gasteiger partial charge in [-0.3, -0.25) is 4.79 Å². The van der Waals surface area contributed by atoms with E-state index in [0.29, 0.717) is 5.69 Å². The third kappa shape index (κ3) is 3.24. The first-order valence-corrected chi connectivity index (χ1v) is 6.63. The molecule has 0 aliphatic carbocycles. The Labute approximate surface area is 109 Å². The molecule has 0 aliphatic rings. The molecule has 1 aromatic heterocycles. The predicted molar refractivity (Wildman–Crippen MR) is 74.1 cm³/mol. The molecule has 5 heteroatoms. The summed E-state index contributed by atoms with van der Waals surface area (Å²) in [5.74, 6) is -0.253. The highest BCUT2D eigenvalue weighted by Gasteiger charge is 2.02. The molecule has 1 heterocycles. The summed E-state index contributed by atoms with van der Waals surface area (Å²) in [7, 11) is 0. The first-order chi connectivity index (χ1) is 8.79. The SMILES string of the molecule is CSc1ccc(/C=N\NC(=O)c2ccc[nH]2)cc1. The van der Waals surface area contributed by atoms with Crippen LogP contribution in [0.2, 0.25) is 0 Å². The largest absolute Gasteiger partial charge is 0.357 e. The van der Waals surface area contributed by atoms with Crippen LogP contribution in [0.4, 0.5) is 0 Å². The fraction of sp³-hybridized carbons (Fsp3) is 0.0769. The first kappa shape index (κ1) is 12.4. The molecule has 0 unspecified atom stereocenters. The predicted octanol–water partition coefficient (Wildman–Crippen LogP) is 2.50. The summed E-state index contributed by atoms with van der Waals surface area (Å²) in [5.41, 5.74) is 3.89. The Morgan fingerprint density at radius 3 is 2.72 bits per heavy atom. The minimum atomic E-state index is -0.253. The zero-order valence-corrected chi connectivity index (χ0v) is 10.7. The Bertz CT molecular complexity index is 532. The van der Waals surface area contributed by atoms with Crippen molar-refractivity contribution in [1.82, 2.24) is 10.4 Å². The molecule has 0 saturated heterocycles. The van der Waals surface area contributed by atoms with E-state index in [1.54, 1.807) is 36.3 Å². The van der Waals surface area contributed by atoms with Gasteiger partial charge in [-0.1, -0.05) is 12.1 Å². The van der Waals surface area contributed by atoms with Crippen LogP contribution in [0.3, 0.4) is 0 Å². The Morgan fingerprint density at radius 1 is 1.33 bits per heavy atom. The maximum atomic E-state index is 11.5. The molecule has 2 rings (SSSR count). The van der Waals surface area contributed by atoms with Crippen LogP contribution in [0.25, 0.3) is 0 Å². The average Bonchev–Trinajstić information content (AvgIpc) is 2.93. The number of aromatic amines is 1. The van der Waals surface area contributed by atoms with Crippen LogP contribution in [-0.4, -0.2) is 23.4 Å². The number of aromatic nitrogens is 1. The lowest BCUT2D eigenvalue weighted by Crippen LogP contribution is -2.17.